The minimum absolute atomic E-state index is 0.0170. The number of benzene rings is 1. The summed E-state index contributed by atoms with van der Waals surface area (Å²) in [6, 6.07) is 2.92. The Balaban J connectivity index is 2.92. The van der Waals surface area contributed by atoms with E-state index in [1.165, 1.54) is 0 Å². The SMILES string of the molecule is C=Cc1ccc(OCC(F)(F)F)cc1OC(F)(F)F. The van der Waals surface area contributed by atoms with E-state index in [4.69, 9.17) is 0 Å². The zero-order valence-corrected chi connectivity index (χ0v) is 9.31. The van der Waals surface area contributed by atoms with Gasteiger partial charge in [0.1, 0.15) is 11.5 Å². The summed E-state index contributed by atoms with van der Waals surface area (Å²) >= 11 is 0. The van der Waals surface area contributed by atoms with Gasteiger partial charge >= 0.3 is 12.5 Å². The molecule has 2 nitrogen and oxygen atoms in total. The van der Waals surface area contributed by atoms with Crippen LogP contribution in [0.15, 0.2) is 24.8 Å². The van der Waals surface area contributed by atoms with E-state index in [2.05, 4.69) is 16.1 Å². The minimum Gasteiger partial charge on any atom is -0.484 e. The summed E-state index contributed by atoms with van der Waals surface area (Å²) in [5.41, 5.74) is -0.0170. The van der Waals surface area contributed by atoms with E-state index in [-0.39, 0.29) is 11.3 Å². The van der Waals surface area contributed by atoms with Gasteiger partial charge in [-0.25, -0.2) is 0 Å². The van der Waals surface area contributed by atoms with Gasteiger partial charge < -0.3 is 9.47 Å². The van der Waals surface area contributed by atoms with Crippen molar-refractivity contribution in [3.05, 3.63) is 30.3 Å². The van der Waals surface area contributed by atoms with Crippen LogP contribution in [-0.2, 0) is 0 Å². The van der Waals surface area contributed by atoms with Gasteiger partial charge in [0.15, 0.2) is 6.61 Å². The lowest BCUT2D eigenvalue weighted by molar-refractivity contribution is -0.274. The fourth-order valence-corrected chi connectivity index (χ4v) is 1.15. The van der Waals surface area contributed by atoms with Crippen LogP contribution in [0, 0.1) is 0 Å². The topological polar surface area (TPSA) is 18.5 Å². The van der Waals surface area contributed by atoms with E-state index in [9.17, 15) is 26.3 Å². The monoisotopic (exact) mass is 286 g/mol. The van der Waals surface area contributed by atoms with Gasteiger partial charge in [-0.15, -0.1) is 13.2 Å². The maximum atomic E-state index is 12.1. The smallest absolute Gasteiger partial charge is 0.484 e. The van der Waals surface area contributed by atoms with Crippen LogP contribution in [0.3, 0.4) is 0 Å². The molecule has 0 aromatic heterocycles. The van der Waals surface area contributed by atoms with Crippen LogP contribution in [-0.4, -0.2) is 19.1 Å². The van der Waals surface area contributed by atoms with Crippen molar-refractivity contribution in [3.8, 4) is 11.5 Å². The molecule has 0 aliphatic carbocycles. The predicted octanol–water partition coefficient (Wildman–Crippen LogP) is 4.17. The first kappa shape index (κ1) is 15.2. The van der Waals surface area contributed by atoms with Crippen molar-refractivity contribution in [3.63, 3.8) is 0 Å². The van der Waals surface area contributed by atoms with E-state index in [1.54, 1.807) is 0 Å². The molecule has 106 valence electrons. The Bertz CT molecular complexity index is 449. The van der Waals surface area contributed by atoms with E-state index in [0.717, 1.165) is 24.3 Å². The molecule has 1 aromatic carbocycles. The molecular formula is C11H8F6O2. The molecule has 1 aromatic rings. The highest BCUT2D eigenvalue weighted by atomic mass is 19.4. The van der Waals surface area contributed by atoms with Crippen LogP contribution >= 0.6 is 0 Å². The van der Waals surface area contributed by atoms with Crippen LogP contribution < -0.4 is 9.47 Å². The molecule has 0 aliphatic heterocycles. The molecule has 0 unspecified atom stereocenters. The maximum Gasteiger partial charge on any atom is 0.573 e. The molecule has 0 aliphatic rings. The summed E-state index contributed by atoms with van der Waals surface area (Å²) in [5.74, 6) is -1.07. The molecule has 8 heteroatoms. The van der Waals surface area contributed by atoms with E-state index in [0.29, 0.717) is 0 Å². The van der Waals surface area contributed by atoms with Gasteiger partial charge in [0.2, 0.25) is 0 Å². The van der Waals surface area contributed by atoms with Crippen LogP contribution in [0.5, 0.6) is 11.5 Å². The van der Waals surface area contributed by atoms with E-state index in [1.807, 2.05) is 0 Å². The van der Waals surface area contributed by atoms with Crippen molar-refractivity contribution in [2.24, 2.45) is 0 Å². The number of alkyl halides is 6. The van der Waals surface area contributed by atoms with Gasteiger partial charge in [-0.1, -0.05) is 12.7 Å². The molecule has 0 heterocycles. The molecular weight excluding hydrogens is 278 g/mol. The highest BCUT2D eigenvalue weighted by Crippen LogP contribution is 2.31. The highest BCUT2D eigenvalue weighted by Gasteiger charge is 2.32. The number of rotatable bonds is 4. The summed E-state index contributed by atoms with van der Waals surface area (Å²) in [5, 5.41) is 0. The van der Waals surface area contributed by atoms with Gasteiger partial charge in [-0.05, 0) is 12.1 Å². The lowest BCUT2D eigenvalue weighted by Crippen LogP contribution is -2.20. The molecule has 0 atom stereocenters. The fourth-order valence-electron chi connectivity index (χ4n) is 1.15. The Morgan fingerprint density at radius 2 is 1.74 bits per heavy atom. The molecule has 0 amide bonds. The molecule has 0 radical (unpaired) electrons. The predicted molar refractivity (Wildman–Crippen MR) is 54.8 cm³/mol. The first-order chi connectivity index (χ1) is 8.61. The second-order valence-electron chi connectivity index (χ2n) is 3.36. The Labute approximate surface area is 104 Å². The Morgan fingerprint density at radius 3 is 2.21 bits per heavy atom. The Hall–Kier alpha value is -1.86. The average Bonchev–Trinajstić information content (AvgIpc) is 2.23. The standard InChI is InChI=1S/C11H8F6O2/c1-2-7-3-4-8(18-6-10(12,13)14)5-9(7)19-11(15,16)17/h2-5H,1,6H2. The zero-order valence-electron chi connectivity index (χ0n) is 9.31. The summed E-state index contributed by atoms with van der Waals surface area (Å²) in [4.78, 5) is 0. The first-order valence-corrected chi connectivity index (χ1v) is 4.82. The van der Waals surface area contributed by atoms with Crippen molar-refractivity contribution in [2.45, 2.75) is 12.5 Å². The molecule has 0 bridgehead atoms. The van der Waals surface area contributed by atoms with Crippen LogP contribution in [0.25, 0.3) is 6.08 Å². The van der Waals surface area contributed by atoms with Crippen LogP contribution in [0.1, 0.15) is 5.56 Å². The van der Waals surface area contributed by atoms with E-state index < -0.39 is 24.9 Å². The fraction of sp³-hybridized carbons (Fsp3) is 0.273. The quantitative estimate of drug-likeness (QED) is 0.773. The average molecular weight is 286 g/mol. The number of halogens is 6. The summed E-state index contributed by atoms with van der Waals surface area (Å²) in [6.45, 7) is 1.66. The third-order valence-corrected chi connectivity index (χ3v) is 1.83. The lowest BCUT2D eigenvalue weighted by atomic mass is 10.2. The van der Waals surface area contributed by atoms with Gasteiger partial charge in [-0.3, -0.25) is 0 Å². The van der Waals surface area contributed by atoms with E-state index >= 15 is 0 Å². The van der Waals surface area contributed by atoms with Crippen molar-refractivity contribution < 1.29 is 35.8 Å². The number of hydrogen-bond acceptors (Lipinski definition) is 2. The Morgan fingerprint density at radius 1 is 1.11 bits per heavy atom. The molecule has 0 fully saturated rings. The molecule has 0 N–H and O–H groups in total. The zero-order chi connectivity index (χ0) is 14.7. The number of hydrogen-bond donors (Lipinski definition) is 0. The summed E-state index contributed by atoms with van der Waals surface area (Å²) < 4.78 is 80.0. The van der Waals surface area contributed by atoms with Gasteiger partial charge in [0, 0.05) is 11.6 Å². The Kier molecular flexibility index (Phi) is 4.33. The first-order valence-electron chi connectivity index (χ1n) is 4.82. The van der Waals surface area contributed by atoms with Gasteiger partial charge in [-0.2, -0.15) is 13.2 Å². The van der Waals surface area contributed by atoms with Gasteiger partial charge in [0.05, 0.1) is 0 Å². The molecule has 0 spiro atoms. The van der Waals surface area contributed by atoms with Crippen molar-refractivity contribution in [2.75, 3.05) is 6.61 Å². The summed E-state index contributed by atoms with van der Waals surface area (Å²) in [7, 11) is 0. The van der Waals surface area contributed by atoms with Crippen molar-refractivity contribution in [1.82, 2.24) is 0 Å². The highest BCUT2D eigenvalue weighted by molar-refractivity contribution is 5.57. The number of ether oxygens (including phenoxy) is 2. The van der Waals surface area contributed by atoms with Crippen molar-refractivity contribution >= 4 is 6.08 Å². The van der Waals surface area contributed by atoms with Crippen LogP contribution in [0.4, 0.5) is 26.3 Å². The second kappa shape index (κ2) is 5.41. The third-order valence-electron chi connectivity index (χ3n) is 1.83. The van der Waals surface area contributed by atoms with Gasteiger partial charge in [0.25, 0.3) is 0 Å². The molecule has 19 heavy (non-hydrogen) atoms. The normalized spacial score (nSPS) is 12.1. The maximum absolute atomic E-state index is 12.1. The largest absolute Gasteiger partial charge is 0.573 e. The third kappa shape index (κ3) is 5.54. The molecule has 0 saturated heterocycles. The lowest BCUT2D eigenvalue weighted by Gasteiger charge is -2.14. The molecule has 0 saturated carbocycles. The minimum atomic E-state index is -4.96. The van der Waals surface area contributed by atoms with Crippen molar-refractivity contribution in [1.29, 1.82) is 0 Å². The summed E-state index contributed by atoms with van der Waals surface area (Å²) in [6.07, 6.45) is -8.46. The molecule has 1 rings (SSSR count). The second-order valence-corrected chi connectivity index (χ2v) is 3.36. The van der Waals surface area contributed by atoms with Crippen LogP contribution in [0.2, 0.25) is 0 Å².